The third-order valence-corrected chi connectivity index (χ3v) is 5.79. The highest BCUT2D eigenvalue weighted by molar-refractivity contribution is 6.36. The van der Waals surface area contributed by atoms with Gasteiger partial charge in [-0.25, -0.2) is 0 Å². The van der Waals surface area contributed by atoms with Gasteiger partial charge in [0.05, 0.1) is 9.52 Å². The van der Waals surface area contributed by atoms with Crippen LogP contribution in [0.25, 0.3) is 0 Å². The van der Waals surface area contributed by atoms with Crippen LogP contribution in [0.5, 0.6) is 0 Å². The predicted octanol–water partition coefficient (Wildman–Crippen LogP) is 3.64. The topological polar surface area (TPSA) is 18.5 Å². The van der Waals surface area contributed by atoms with E-state index in [0.29, 0.717) is 10.8 Å². The zero-order chi connectivity index (χ0) is 14.4. The Labute approximate surface area is 117 Å². The largest absolute Gasteiger partial charge is 0.360 e. The summed E-state index contributed by atoms with van der Waals surface area (Å²) in [6.45, 7) is 14.2. The van der Waals surface area contributed by atoms with Crippen molar-refractivity contribution in [1.82, 2.24) is 0 Å². The van der Waals surface area contributed by atoms with Crippen molar-refractivity contribution in [2.75, 3.05) is 14.2 Å². The second-order valence-corrected chi connectivity index (χ2v) is 9.51. The first-order chi connectivity index (χ1) is 8.09. The summed E-state index contributed by atoms with van der Waals surface area (Å²) in [4.78, 5) is 0. The lowest BCUT2D eigenvalue weighted by Gasteiger charge is -2.34. The molecule has 0 aliphatic rings. The maximum Gasteiger partial charge on any atom is 0.134 e. The molecule has 0 bridgehead atoms. The van der Waals surface area contributed by atoms with Crippen LogP contribution in [0.15, 0.2) is 0 Å². The van der Waals surface area contributed by atoms with Crippen molar-refractivity contribution in [2.24, 2.45) is 16.7 Å². The molecule has 0 amide bonds. The fourth-order valence-electron chi connectivity index (χ4n) is 3.31. The van der Waals surface area contributed by atoms with E-state index in [1.807, 2.05) is 0 Å². The Morgan fingerprint density at radius 2 is 1.50 bits per heavy atom. The maximum absolute atomic E-state index is 5.30. The molecule has 0 heterocycles. The summed E-state index contributed by atoms with van der Waals surface area (Å²) in [7, 11) is 3.21. The lowest BCUT2D eigenvalue weighted by molar-refractivity contribution is -0.0444. The summed E-state index contributed by atoms with van der Waals surface area (Å²) in [6, 6.07) is 1.31. The molecule has 2 nitrogen and oxygen atoms in total. The second kappa shape index (κ2) is 7.66. The minimum absolute atomic E-state index is 0.0955. The Hall–Kier alpha value is 0.137. The average molecular weight is 275 g/mol. The van der Waals surface area contributed by atoms with Crippen molar-refractivity contribution in [2.45, 2.75) is 66.3 Å². The predicted molar refractivity (Wildman–Crippen MR) is 82.8 cm³/mol. The van der Waals surface area contributed by atoms with Crippen LogP contribution in [0.4, 0.5) is 0 Å². The van der Waals surface area contributed by atoms with Crippen molar-refractivity contribution in [3.63, 3.8) is 0 Å². The zero-order valence-electron chi connectivity index (χ0n) is 13.8. The highest BCUT2D eigenvalue weighted by atomic mass is 28.2. The van der Waals surface area contributed by atoms with Crippen LogP contribution in [0, 0.1) is 16.7 Å². The highest BCUT2D eigenvalue weighted by Gasteiger charge is 2.27. The lowest BCUT2D eigenvalue weighted by atomic mass is 9.72. The number of hydrogen-bond acceptors (Lipinski definition) is 2. The molecule has 0 saturated carbocycles. The first-order valence-electron chi connectivity index (χ1n) is 7.15. The smallest absolute Gasteiger partial charge is 0.134 e. The molecule has 0 aromatic heterocycles. The number of hydrogen-bond donors (Lipinski definition) is 0. The molecule has 0 saturated heterocycles. The van der Waals surface area contributed by atoms with Gasteiger partial charge in [-0.05, 0) is 29.6 Å². The van der Waals surface area contributed by atoms with Crippen LogP contribution in [-0.2, 0) is 9.47 Å². The van der Waals surface area contributed by atoms with Crippen molar-refractivity contribution < 1.29 is 9.47 Å². The van der Waals surface area contributed by atoms with Gasteiger partial charge < -0.3 is 9.47 Å². The molecule has 3 heteroatoms. The van der Waals surface area contributed by atoms with E-state index in [4.69, 9.17) is 9.47 Å². The Kier molecular flexibility index (Phi) is 7.72. The molecule has 0 N–H and O–H groups in total. The number of methoxy groups -OCH3 is 2. The molecular weight excluding hydrogens is 240 g/mol. The molecule has 0 aliphatic carbocycles. The SMILES string of the molecule is COC(OC)[SiH2]CC(C)CC(C)(C)CC(C)(C)C. The van der Waals surface area contributed by atoms with Crippen molar-refractivity contribution >= 4 is 9.52 Å². The molecule has 0 aliphatic heterocycles. The summed E-state index contributed by atoms with van der Waals surface area (Å²) in [5.41, 5.74) is 0.851. The Morgan fingerprint density at radius 1 is 1.00 bits per heavy atom. The van der Waals surface area contributed by atoms with Gasteiger partial charge in [-0.1, -0.05) is 47.6 Å². The van der Waals surface area contributed by atoms with Crippen LogP contribution in [0.2, 0.25) is 6.04 Å². The molecule has 0 radical (unpaired) electrons. The standard InChI is InChI=1S/C15H34O2Si/c1-12(10-18-13(16-7)17-8)9-15(5,6)11-14(2,3)4/h12-13H,9-11,18H2,1-8H3. The van der Waals surface area contributed by atoms with Crippen molar-refractivity contribution in [3.05, 3.63) is 0 Å². The van der Waals surface area contributed by atoms with Crippen LogP contribution < -0.4 is 0 Å². The van der Waals surface area contributed by atoms with Crippen LogP contribution >= 0.6 is 0 Å². The molecule has 0 aromatic rings. The van der Waals surface area contributed by atoms with Crippen molar-refractivity contribution in [1.29, 1.82) is 0 Å². The fourth-order valence-corrected chi connectivity index (χ4v) is 4.82. The Bertz CT molecular complexity index is 217. The van der Waals surface area contributed by atoms with E-state index >= 15 is 0 Å². The fraction of sp³-hybridized carbons (Fsp3) is 1.00. The molecule has 18 heavy (non-hydrogen) atoms. The van der Waals surface area contributed by atoms with Gasteiger partial charge in [-0.3, -0.25) is 0 Å². The monoisotopic (exact) mass is 274 g/mol. The molecule has 0 spiro atoms. The summed E-state index contributed by atoms with van der Waals surface area (Å²) in [5.74, 6) is 0.875. The molecule has 1 unspecified atom stereocenters. The molecular formula is C15H34O2Si. The number of ether oxygens (including phenoxy) is 2. The third-order valence-electron chi connectivity index (χ3n) is 3.33. The Balaban J connectivity index is 4.10. The second-order valence-electron chi connectivity index (χ2n) is 7.69. The van der Waals surface area contributed by atoms with E-state index in [2.05, 4.69) is 41.5 Å². The highest BCUT2D eigenvalue weighted by Crippen LogP contribution is 2.38. The molecule has 0 aromatic carbocycles. The van der Waals surface area contributed by atoms with Gasteiger partial charge in [-0.2, -0.15) is 0 Å². The van der Waals surface area contributed by atoms with E-state index in [-0.39, 0.29) is 15.4 Å². The van der Waals surface area contributed by atoms with Crippen LogP contribution in [-0.4, -0.2) is 29.7 Å². The third kappa shape index (κ3) is 9.12. The average Bonchev–Trinajstić information content (AvgIpc) is 2.14. The summed E-state index contributed by atoms with van der Waals surface area (Å²) < 4.78 is 10.6. The van der Waals surface area contributed by atoms with Gasteiger partial charge in [0, 0.05) is 14.2 Å². The number of rotatable bonds is 8. The van der Waals surface area contributed by atoms with E-state index in [1.54, 1.807) is 14.2 Å². The Morgan fingerprint density at radius 3 is 1.89 bits per heavy atom. The quantitative estimate of drug-likeness (QED) is 0.497. The summed E-state index contributed by atoms with van der Waals surface area (Å²) in [6.07, 6.45) is 2.58. The first-order valence-corrected chi connectivity index (χ1v) is 8.97. The van der Waals surface area contributed by atoms with Gasteiger partial charge >= 0.3 is 0 Å². The van der Waals surface area contributed by atoms with Gasteiger partial charge in [0.1, 0.15) is 5.91 Å². The van der Waals surface area contributed by atoms with E-state index in [1.165, 1.54) is 18.9 Å². The molecule has 110 valence electrons. The van der Waals surface area contributed by atoms with Gasteiger partial charge in [0.2, 0.25) is 0 Å². The van der Waals surface area contributed by atoms with Crippen LogP contribution in [0.3, 0.4) is 0 Å². The summed E-state index contributed by atoms with van der Waals surface area (Å²) >= 11 is 0. The molecule has 1 atom stereocenters. The minimum Gasteiger partial charge on any atom is -0.360 e. The van der Waals surface area contributed by atoms with E-state index in [9.17, 15) is 0 Å². The lowest BCUT2D eigenvalue weighted by Crippen LogP contribution is -2.26. The molecule has 0 fully saturated rings. The molecule has 0 rings (SSSR count). The maximum atomic E-state index is 5.30. The zero-order valence-corrected chi connectivity index (χ0v) is 15.2. The normalized spacial score (nSPS) is 15.8. The van der Waals surface area contributed by atoms with Gasteiger partial charge in [-0.15, -0.1) is 0 Å². The summed E-state index contributed by atoms with van der Waals surface area (Å²) in [5, 5.41) is 0. The first kappa shape index (κ1) is 18.1. The van der Waals surface area contributed by atoms with Crippen molar-refractivity contribution in [3.8, 4) is 0 Å². The van der Waals surface area contributed by atoms with Gasteiger partial charge in [0.15, 0.2) is 0 Å². The van der Waals surface area contributed by atoms with Crippen LogP contribution in [0.1, 0.15) is 54.4 Å². The van der Waals surface area contributed by atoms with E-state index < -0.39 is 0 Å². The minimum atomic E-state index is -0.277. The van der Waals surface area contributed by atoms with Gasteiger partial charge in [0.25, 0.3) is 0 Å². The van der Waals surface area contributed by atoms with E-state index in [0.717, 1.165) is 5.92 Å².